The van der Waals surface area contributed by atoms with Crippen molar-refractivity contribution in [1.82, 2.24) is 10.4 Å². The van der Waals surface area contributed by atoms with Crippen LogP contribution < -0.4 is 16.0 Å². The first-order chi connectivity index (χ1) is 9.36. The summed E-state index contributed by atoms with van der Waals surface area (Å²) < 4.78 is 5.81. The molecule has 98 valence electrons. The predicted octanol–water partition coefficient (Wildman–Crippen LogP) is 2.18. The molecule has 2 aromatic rings. The van der Waals surface area contributed by atoms with Crippen LogP contribution in [0.5, 0.6) is 5.75 Å². The predicted molar refractivity (Wildman–Crippen MR) is 73.5 cm³/mol. The van der Waals surface area contributed by atoms with E-state index in [1.165, 1.54) is 0 Å². The second-order valence-corrected chi connectivity index (χ2v) is 4.78. The first kappa shape index (κ1) is 12.1. The van der Waals surface area contributed by atoms with Gasteiger partial charge in [0.2, 0.25) is 0 Å². The Bertz CT molecular complexity index is 540. The molecule has 1 fully saturated rings. The zero-order chi connectivity index (χ0) is 13.1. The number of nitrogens with one attached hydrogen (secondary N) is 1. The minimum absolute atomic E-state index is 0.0727. The molecule has 0 aliphatic heterocycles. The summed E-state index contributed by atoms with van der Waals surface area (Å²) in [6.45, 7) is 0. The van der Waals surface area contributed by atoms with Crippen LogP contribution in [0.15, 0.2) is 48.8 Å². The number of ether oxygens (including phenoxy) is 1. The Morgan fingerprint density at radius 1 is 1.21 bits per heavy atom. The van der Waals surface area contributed by atoms with Crippen molar-refractivity contribution >= 4 is 0 Å². The highest BCUT2D eigenvalue weighted by atomic mass is 16.5. The molecule has 0 amide bonds. The summed E-state index contributed by atoms with van der Waals surface area (Å²) in [5.41, 5.74) is 4.95. The Balaban J connectivity index is 1.86. The molecule has 1 unspecified atom stereocenters. The molecule has 0 saturated heterocycles. The molecule has 0 radical (unpaired) electrons. The topological polar surface area (TPSA) is 60.2 Å². The van der Waals surface area contributed by atoms with Crippen LogP contribution in [0.1, 0.15) is 30.0 Å². The zero-order valence-electron chi connectivity index (χ0n) is 10.6. The van der Waals surface area contributed by atoms with Crippen LogP contribution in [0.3, 0.4) is 0 Å². The van der Waals surface area contributed by atoms with Gasteiger partial charge < -0.3 is 4.74 Å². The van der Waals surface area contributed by atoms with Crippen LogP contribution in [0.25, 0.3) is 0 Å². The molecule has 1 aliphatic rings. The van der Waals surface area contributed by atoms with Gasteiger partial charge in [-0.3, -0.25) is 10.8 Å². The maximum Gasteiger partial charge on any atom is 0.120 e. The molecule has 4 nitrogen and oxygen atoms in total. The van der Waals surface area contributed by atoms with E-state index in [1.54, 1.807) is 6.20 Å². The number of nitrogens with zero attached hydrogens (tertiary/aromatic N) is 1. The van der Waals surface area contributed by atoms with Crippen molar-refractivity contribution in [3.8, 4) is 5.75 Å². The molecule has 4 heteroatoms. The van der Waals surface area contributed by atoms with Gasteiger partial charge in [0.15, 0.2) is 0 Å². The molecule has 1 aliphatic carbocycles. The summed E-state index contributed by atoms with van der Waals surface area (Å²) >= 11 is 0. The Kier molecular flexibility index (Phi) is 3.44. The molecule has 1 heterocycles. The van der Waals surface area contributed by atoms with E-state index in [9.17, 15) is 0 Å². The monoisotopic (exact) mass is 255 g/mol. The van der Waals surface area contributed by atoms with Gasteiger partial charge in [0.05, 0.1) is 12.1 Å². The Labute approximate surface area is 112 Å². The van der Waals surface area contributed by atoms with Gasteiger partial charge in [-0.1, -0.05) is 18.2 Å². The maximum atomic E-state index is 5.81. The SMILES string of the molecule is NNC(c1cccnc1)c1cccc(OC2CC2)c1. The van der Waals surface area contributed by atoms with E-state index >= 15 is 0 Å². The molecule has 0 spiro atoms. The van der Waals surface area contributed by atoms with E-state index in [0.717, 1.165) is 29.7 Å². The molecule has 19 heavy (non-hydrogen) atoms. The molecule has 1 saturated carbocycles. The van der Waals surface area contributed by atoms with E-state index in [0.29, 0.717) is 6.10 Å². The average Bonchev–Trinajstić information content (AvgIpc) is 3.25. The third-order valence-corrected chi connectivity index (χ3v) is 3.20. The lowest BCUT2D eigenvalue weighted by Gasteiger charge is -2.17. The number of hydrazine groups is 1. The second-order valence-electron chi connectivity index (χ2n) is 4.78. The summed E-state index contributed by atoms with van der Waals surface area (Å²) in [5, 5.41) is 0. The summed E-state index contributed by atoms with van der Waals surface area (Å²) in [5.74, 6) is 6.59. The summed E-state index contributed by atoms with van der Waals surface area (Å²) in [7, 11) is 0. The van der Waals surface area contributed by atoms with Crippen LogP contribution in [0.4, 0.5) is 0 Å². The first-order valence-corrected chi connectivity index (χ1v) is 6.49. The van der Waals surface area contributed by atoms with E-state index in [4.69, 9.17) is 10.6 Å². The summed E-state index contributed by atoms with van der Waals surface area (Å²) in [4.78, 5) is 4.13. The molecule has 3 N–H and O–H groups in total. The second kappa shape index (κ2) is 5.38. The Morgan fingerprint density at radius 3 is 2.74 bits per heavy atom. The molecular weight excluding hydrogens is 238 g/mol. The van der Waals surface area contributed by atoms with Gasteiger partial charge in [-0.15, -0.1) is 0 Å². The Morgan fingerprint density at radius 2 is 2.05 bits per heavy atom. The standard InChI is InChI=1S/C15H17N3O/c16-18-15(12-4-2-8-17-10-12)11-3-1-5-14(9-11)19-13-6-7-13/h1-5,8-10,13,15,18H,6-7,16H2. The normalized spacial score (nSPS) is 16.1. The van der Waals surface area contributed by atoms with Crippen molar-refractivity contribution < 1.29 is 4.74 Å². The number of pyridine rings is 1. The largest absolute Gasteiger partial charge is 0.490 e. The van der Waals surface area contributed by atoms with Gasteiger partial charge in [-0.25, -0.2) is 5.43 Å². The lowest BCUT2D eigenvalue weighted by Crippen LogP contribution is -2.28. The summed E-state index contributed by atoms with van der Waals surface area (Å²) in [6, 6.07) is 11.9. The quantitative estimate of drug-likeness (QED) is 0.635. The smallest absolute Gasteiger partial charge is 0.120 e. The summed E-state index contributed by atoms with van der Waals surface area (Å²) in [6.07, 6.45) is 6.29. The molecule has 1 aromatic carbocycles. The lowest BCUT2D eigenvalue weighted by atomic mass is 10.0. The van der Waals surface area contributed by atoms with E-state index < -0.39 is 0 Å². The minimum Gasteiger partial charge on any atom is -0.490 e. The van der Waals surface area contributed by atoms with Gasteiger partial charge >= 0.3 is 0 Å². The third kappa shape index (κ3) is 2.92. The van der Waals surface area contributed by atoms with Crippen LogP contribution in [0, 0.1) is 0 Å². The van der Waals surface area contributed by atoms with E-state index in [2.05, 4.69) is 10.4 Å². The fourth-order valence-corrected chi connectivity index (χ4v) is 2.08. The fraction of sp³-hybridized carbons (Fsp3) is 0.267. The van der Waals surface area contributed by atoms with Crippen molar-refractivity contribution in [2.75, 3.05) is 0 Å². The number of rotatable bonds is 5. The highest BCUT2D eigenvalue weighted by molar-refractivity contribution is 5.36. The van der Waals surface area contributed by atoms with Gasteiger partial charge in [-0.2, -0.15) is 0 Å². The van der Waals surface area contributed by atoms with Gasteiger partial charge in [0.1, 0.15) is 5.75 Å². The molecular formula is C15H17N3O. The number of hydrogen-bond acceptors (Lipinski definition) is 4. The highest BCUT2D eigenvalue weighted by Crippen LogP contribution is 2.29. The van der Waals surface area contributed by atoms with Gasteiger partial charge in [0, 0.05) is 12.4 Å². The fourth-order valence-electron chi connectivity index (χ4n) is 2.08. The molecule has 3 rings (SSSR count). The highest BCUT2D eigenvalue weighted by Gasteiger charge is 2.23. The van der Waals surface area contributed by atoms with Crippen molar-refractivity contribution in [3.63, 3.8) is 0 Å². The molecule has 0 bridgehead atoms. The molecule has 1 atom stereocenters. The average molecular weight is 255 g/mol. The number of benzene rings is 1. The zero-order valence-corrected chi connectivity index (χ0v) is 10.6. The molecule has 1 aromatic heterocycles. The maximum absolute atomic E-state index is 5.81. The van der Waals surface area contributed by atoms with E-state index in [1.807, 2.05) is 42.6 Å². The van der Waals surface area contributed by atoms with Crippen molar-refractivity contribution in [2.45, 2.75) is 25.0 Å². The Hall–Kier alpha value is -1.91. The number of hydrogen-bond donors (Lipinski definition) is 2. The first-order valence-electron chi connectivity index (χ1n) is 6.49. The van der Waals surface area contributed by atoms with Crippen molar-refractivity contribution in [2.24, 2.45) is 5.84 Å². The minimum atomic E-state index is -0.0727. The van der Waals surface area contributed by atoms with Crippen LogP contribution in [0.2, 0.25) is 0 Å². The number of aromatic nitrogens is 1. The van der Waals surface area contributed by atoms with Crippen LogP contribution in [-0.2, 0) is 0 Å². The van der Waals surface area contributed by atoms with Crippen molar-refractivity contribution in [1.29, 1.82) is 0 Å². The van der Waals surface area contributed by atoms with Gasteiger partial charge in [0.25, 0.3) is 0 Å². The van der Waals surface area contributed by atoms with E-state index in [-0.39, 0.29) is 6.04 Å². The van der Waals surface area contributed by atoms with Crippen molar-refractivity contribution in [3.05, 3.63) is 59.9 Å². The van der Waals surface area contributed by atoms with Crippen LogP contribution >= 0.6 is 0 Å². The number of nitrogens with two attached hydrogens (primary N) is 1. The third-order valence-electron chi connectivity index (χ3n) is 3.20. The van der Waals surface area contributed by atoms with Gasteiger partial charge in [-0.05, 0) is 42.2 Å². The lowest BCUT2D eigenvalue weighted by molar-refractivity contribution is 0.302. The van der Waals surface area contributed by atoms with Crippen LogP contribution in [-0.4, -0.2) is 11.1 Å².